The zero-order valence-electron chi connectivity index (χ0n) is 17.9. The average Bonchev–Trinajstić information content (AvgIpc) is 2.80. The van der Waals surface area contributed by atoms with Crippen LogP contribution in [0.3, 0.4) is 0 Å². The highest BCUT2D eigenvalue weighted by molar-refractivity contribution is 6.35. The molecule has 0 fully saturated rings. The number of carbonyl (C=O) groups is 1. The molecule has 4 rings (SSSR count). The maximum absolute atomic E-state index is 13.2. The average molecular weight is 471 g/mol. The number of nitrogens with zero attached hydrogens (tertiary/aromatic N) is 1. The van der Waals surface area contributed by atoms with E-state index in [1.54, 1.807) is 25.3 Å². The Kier molecular flexibility index (Phi) is 6.77. The van der Waals surface area contributed by atoms with Crippen LogP contribution >= 0.6 is 23.2 Å². The van der Waals surface area contributed by atoms with Crippen molar-refractivity contribution in [3.05, 3.63) is 87.4 Å². The molecular formula is C25H24Cl2N2O3. The van der Waals surface area contributed by atoms with Gasteiger partial charge < -0.3 is 19.7 Å². The minimum absolute atomic E-state index is 0.0211. The molecule has 7 heteroatoms. The fourth-order valence-corrected chi connectivity index (χ4v) is 4.32. The lowest BCUT2D eigenvalue weighted by Crippen LogP contribution is -2.43. The Morgan fingerprint density at radius 1 is 1.03 bits per heavy atom. The van der Waals surface area contributed by atoms with Crippen LogP contribution in [0.25, 0.3) is 0 Å². The highest BCUT2D eigenvalue weighted by Gasteiger charge is 2.32. The molecule has 0 saturated heterocycles. The summed E-state index contributed by atoms with van der Waals surface area (Å²) in [5.41, 5.74) is 3.31. The van der Waals surface area contributed by atoms with E-state index in [1.165, 1.54) is 0 Å². The second kappa shape index (κ2) is 9.72. The molecule has 1 aliphatic rings. The molecule has 0 spiro atoms. The topological polar surface area (TPSA) is 50.8 Å². The van der Waals surface area contributed by atoms with E-state index in [-0.39, 0.29) is 18.7 Å². The lowest BCUT2D eigenvalue weighted by Gasteiger charge is -2.38. The van der Waals surface area contributed by atoms with Crippen molar-refractivity contribution in [1.82, 2.24) is 4.90 Å². The molecule has 0 radical (unpaired) electrons. The Hall–Kier alpha value is -2.89. The zero-order chi connectivity index (χ0) is 22.7. The van der Waals surface area contributed by atoms with E-state index in [4.69, 9.17) is 32.7 Å². The smallest absolute Gasteiger partial charge is 0.257 e. The van der Waals surface area contributed by atoms with Crippen molar-refractivity contribution in [3.63, 3.8) is 0 Å². The van der Waals surface area contributed by atoms with Crippen LogP contribution in [0.4, 0.5) is 5.69 Å². The summed E-state index contributed by atoms with van der Waals surface area (Å²) >= 11 is 12.2. The van der Waals surface area contributed by atoms with Crippen LogP contribution in [0, 0.1) is 0 Å². The number of halogens is 2. The van der Waals surface area contributed by atoms with Gasteiger partial charge in [-0.25, -0.2) is 0 Å². The van der Waals surface area contributed by atoms with Gasteiger partial charge in [0.2, 0.25) is 0 Å². The summed E-state index contributed by atoms with van der Waals surface area (Å²) < 4.78 is 11.5. The molecule has 0 unspecified atom stereocenters. The number of hydrogen-bond acceptors (Lipinski definition) is 4. The van der Waals surface area contributed by atoms with Crippen LogP contribution in [0.2, 0.25) is 10.0 Å². The van der Waals surface area contributed by atoms with Gasteiger partial charge in [0.25, 0.3) is 5.91 Å². The number of hydrogen-bond donors (Lipinski definition) is 1. The SMILES string of the molecule is CCCN1C(=O)c2ccccc2N[C@@H]1c1ccc(OC)c(COc2ccc(Cl)cc2Cl)c1. The van der Waals surface area contributed by atoms with E-state index in [2.05, 4.69) is 12.2 Å². The first kappa shape index (κ1) is 22.3. The number of para-hydroxylation sites is 1. The van der Waals surface area contributed by atoms with Crippen LogP contribution in [-0.2, 0) is 6.61 Å². The maximum atomic E-state index is 13.2. The third-order valence-corrected chi connectivity index (χ3v) is 5.91. The molecule has 0 saturated carbocycles. The van der Waals surface area contributed by atoms with Gasteiger partial charge in [-0.15, -0.1) is 0 Å². The van der Waals surface area contributed by atoms with Gasteiger partial charge in [0.05, 0.1) is 17.7 Å². The number of fused-ring (bicyclic) bond motifs is 1. The molecule has 0 aromatic heterocycles. The van der Waals surface area contributed by atoms with Crippen molar-refractivity contribution in [2.75, 3.05) is 19.0 Å². The van der Waals surface area contributed by atoms with Gasteiger partial charge in [0, 0.05) is 22.8 Å². The summed E-state index contributed by atoms with van der Waals surface area (Å²) in [6.45, 7) is 2.96. The van der Waals surface area contributed by atoms with E-state index in [9.17, 15) is 4.79 Å². The van der Waals surface area contributed by atoms with Crippen molar-refractivity contribution < 1.29 is 14.3 Å². The van der Waals surface area contributed by atoms with Gasteiger partial charge in [-0.05, 0) is 54.4 Å². The van der Waals surface area contributed by atoms with E-state index < -0.39 is 0 Å². The first-order valence-electron chi connectivity index (χ1n) is 10.4. The molecule has 3 aromatic rings. The first-order chi connectivity index (χ1) is 15.5. The Morgan fingerprint density at radius 3 is 2.56 bits per heavy atom. The van der Waals surface area contributed by atoms with Crippen LogP contribution in [0.15, 0.2) is 60.7 Å². The summed E-state index contributed by atoms with van der Waals surface area (Å²) in [7, 11) is 1.62. The zero-order valence-corrected chi connectivity index (χ0v) is 19.4. The van der Waals surface area contributed by atoms with Crippen molar-refractivity contribution in [2.45, 2.75) is 26.1 Å². The highest BCUT2D eigenvalue weighted by atomic mass is 35.5. The van der Waals surface area contributed by atoms with E-state index in [1.807, 2.05) is 47.4 Å². The van der Waals surface area contributed by atoms with E-state index in [0.717, 1.165) is 23.2 Å². The molecular weight excluding hydrogens is 447 g/mol. The predicted octanol–water partition coefficient (Wildman–Crippen LogP) is 6.56. The molecule has 0 aliphatic carbocycles. The maximum Gasteiger partial charge on any atom is 0.257 e. The Bertz CT molecular complexity index is 1140. The molecule has 166 valence electrons. The van der Waals surface area contributed by atoms with Crippen molar-refractivity contribution in [3.8, 4) is 11.5 Å². The van der Waals surface area contributed by atoms with Crippen LogP contribution in [0.5, 0.6) is 11.5 Å². The molecule has 0 bridgehead atoms. The van der Waals surface area contributed by atoms with Crippen LogP contribution in [0.1, 0.15) is 41.0 Å². The Balaban J connectivity index is 1.65. The third-order valence-electron chi connectivity index (χ3n) is 5.38. The lowest BCUT2D eigenvalue weighted by molar-refractivity contribution is 0.0683. The quantitative estimate of drug-likeness (QED) is 0.424. The summed E-state index contributed by atoms with van der Waals surface area (Å²) in [6.07, 6.45) is 0.564. The van der Waals surface area contributed by atoms with Gasteiger partial charge in [0.15, 0.2) is 0 Å². The molecule has 1 N–H and O–H groups in total. The standard InChI is InChI=1S/C25H24Cl2N2O3/c1-3-12-29-24(28-21-7-5-4-6-19(21)25(29)30)16-8-10-22(31-2)17(13-16)15-32-23-11-9-18(26)14-20(23)27/h4-11,13-14,24,28H,3,12,15H2,1-2H3/t24-/m0/s1. The molecule has 32 heavy (non-hydrogen) atoms. The lowest BCUT2D eigenvalue weighted by atomic mass is 10.0. The van der Waals surface area contributed by atoms with Gasteiger partial charge in [-0.2, -0.15) is 0 Å². The van der Waals surface area contributed by atoms with Gasteiger partial charge in [-0.1, -0.05) is 48.3 Å². The fraction of sp³-hybridized carbons (Fsp3) is 0.240. The summed E-state index contributed by atoms with van der Waals surface area (Å²) in [5.74, 6) is 1.26. The molecule has 1 heterocycles. The minimum Gasteiger partial charge on any atom is -0.496 e. The number of carbonyl (C=O) groups excluding carboxylic acids is 1. The van der Waals surface area contributed by atoms with Crippen molar-refractivity contribution in [1.29, 1.82) is 0 Å². The van der Waals surface area contributed by atoms with Crippen molar-refractivity contribution >= 4 is 34.8 Å². The van der Waals surface area contributed by atoms with Gasteiger partial charge in [0.1, 0.15) is 24.3 Å². The number of benzene rings is 3. The molecule has 1 amide bonds. The van der Waals surface area contributed by atoms with Crippen LogP contribution < -0.4 is 14.8 Å². The largest absolute Gasteiger partial charge is 0.496 e. The second-order valence-electron chi connectivity index (χ2n) is 7.53. The molecule has 3 aromatic carbocycles. The Morgan fingerprint density at radius 2 is 1.81 bits per heavy atom. The normalized spacial score (nSPS) is 15.2. The van der Waals surface area contributed by atoms with Gasteiger partial charge in [-0.3, -0.25) is 4.79 Å². The van der Waals surface area contributed by atoms with Crippen LogP contribution in [-0.4, -0.2) is 24.5 Å². The number of ether oxygens (including phenoxy) is 2. The molecule has 1 atom stereocenters. The molecule has 5 nitrogen and oxygen atoms in total. The van der Waals surface area contributed by atoms with Crippen molar-refractivity contribution in [2.24, 2.45) is 0 Å². The number of anilines is 1. The Labute approximate surface area is 197 Å². The third kappa shape index (κ3) is 4.50. The monoisotopic (exact) mass is 470 g/mol. The second-order valence-corrected chi connectivity index (χ2v) is 8.37. The van der Waals surface area contributed by atoms with E-state index >= 15 is 0 Å². The minimum atomic E-state index is -0.291. The molecule has 1 aliphatic heterocycles. The summed E-state index contributed by atoms with van der Waals surface area (Å²) in [4.78, 5) is 15.1. The number of amides is 1. The summed E-state index contributed by atoms with van der Waals surface area (Å²) in [5, 5.41) is 4.51. The van der Waals surface area contributed by atoms with Gasteiger partial charge >= 0.3 is 0 Å². The predicted molar refractivity (Wildman–Crippen MR) is 128 cm³/mol. The first-order valence-corrected chi connectivity index (χ1v) is 11.2. The highest BCUT2D eigenvalue weighted by Crippen LogP contribution is 2.35. The summed E-state index contributed by atoms with van der Waals surface area (Å²) in [6, 6.07) is 18.6. The number of methoxy groups -OCH3 is 1. The fourth-order valence-electron chi connectivity index (χ4n) is 3.86. The number of rotatable bonds is 7. The van der Waals surface area contributed by atoms with E-state index in [0.29, 0.717) is 33.7 Å². The number of nitrogens with one attached hydrogen (secondary N) is 1.